The van der Waals surface area contributed by atoms with Gasteiger partial charge in [-0.3, -0.25) is 0 Å². The summed E-state index contributed by atoms with van der Waals surface area (Å²) in [7, 11) is -3.28. The van der Waals surface area contributed by atoms with Crippen molar-refractivity contribution >= 4 is 10.2 Å². The van der Waals surface area contributed by atoms with Gasteiger partial charge in [0.15, 0.2) is 0 Å². The molecule has 0 atom stereocenters. The van der Waals surface area contributed by atoms with Crippen LogP contribution in [-0.4, -0.2) is 45.6 Å². The van der Waals surface area contributed by atoms with Crippen LogP contribution in [0.2, 0.25) is 0 Å². The minimum atomic E-state index is -3.28. The molecular weight excluding hydrogens is 216 g/mol. The molecule has 0 spiro atoms. The van der Waals surface area contributed by atoms with Gasteiger partial charge in [-0.2, -0.15) is 12.7 Å². The number of rotatable bonds is 5. The maximum Gasteiger partial charge on any atom is 0.279 e. The molecule has 0 aromatic heterocycles. The van der Waals surface area contributed by atoms with Crippen LogP contribution in [0.1, 0.15) is 20.3 Å². The molecule has 90 valence electrons. The lowest BCUT2D eigenvalue weighted by atomic mass is 10.1. The van der Waals surface area contributed by atoms with Gasteiger partial charge < -0.3 is 4.74 Å². The van der Waals surface area contributed by atoms with Crippen LogP contribution in [0.15, 0.2) is 0 Å². The highest BCUT2D eigenvalue weighted by Crippen LogP contribution is 2.04. The predicted octanol–water partition coefficient (Wildman–Crippen LogP) is 0.199. The van der Waals surface area contributed by atoms with Gasteiger partial charge in [-0.1, -0.05) is 13.8 Å². The van der Waals surface area contributed by atoms with Crippen LogP contribution in [0.3, 0.4) is 0 Å². The van der Waals surface area contributed by atoms with E-state index >= 15 is 0 Å². The van der Waals surface area contributed by atoms with Gasteiger partial charge in [0.05, 0.1) is 13.2 Å². The summed E-state index contributed by atoms with van der Waals surface area (Å²) in [6.07, 6.45) is 0.865. The van der Waals surface area contributed by atoms with E-state index in [2.05, 4.69) is 18.6 Å². The van der Waals surface area contributed by atoms with Crippen molar-refractivity contribution < 1.29 is 13.2 Å². The molecule has 1 saturated heterocycles. The fourth-order valence-corrected chi connectivity index (χ4v) is 2.54. The first-order valence-electron chi connectivity index (χ1n) is 5.35. The Morgan fingerprint density at radius 2 is 1.93 bits per heavy atom. The SMILES string of the molecule is CC(C)CCNS(=O)(=O)N1CCOCC1. The summed E-state index contributed by atoms with van der Waals surface area (Å²) in [5.74, 6) is 0.511. The topological polar surface area (TPSA) is 58.6 Å². The molecule has 1 rings (SSSR count). The van der Waals surface area contributed by atoms with Crippen LogP contribution in [-0.2, 0) is 14.9 Å². The second-order valence-electron chi connectivity index (χ2n) is 4.09. The van der Waals surface area contributed by atoms with E-state index in [1.807, 2.05) is 0 Å². The molecule has 1 aliphatic heterocycles. The van der Waals surface area contributed by atoms with Crippen molar-refractivity contribution in [1.82, 2.24) is 9.03 Å². The van der Waals surface area contributed by atoms with E-state index in [1.165, 1.54) is 4.31 Å². The summed E-state index contributed by atoms with van der Waals surface area (Å²) < 4.78 is 32.6. The van der Waals surface area contributed by atoms with Crippen molar-refractivity contribution in [2.75, 3.05) is 32.8 Å². The molecule has 15 heavy (non-hydrogen) atoms. The summed E-state index contributed by atoms with van der Waals surface area (Å²) in [5.41, 5.74) is 0. The molecule has 6 heteroatoms. The fraction of sp³-hybridized carbons (Fsp3) is 1.00. The maximum absolute atomic E-state index is 11.7. The van der Waals surface area contributed by atoms with E-state index < -0.39 is 10.2 Å². The Morgan fingerprint density at radius 1 is 1.33 bits per heavy atom. The number of nitrogens with zero attached hydrogens (tertiary/aromatic N) is 1. The van der Waals surface area contributed by atoms with Gasteiger partial charge in [0.25, 0.3) is 10.2 Å². The first-order valence-corrected chi connectivity index (χ1v) is 6.79. The number of hydrogen-bond donors (Lipinski definition) is 1. The molecule has 0 unspecified atom stereocenters. The molecule has 1 N–H and O–H groups in total. The summed E-state index contributed by atoms with van der Waals surface area (Å²) in [6.45, 7) is 6.55. The fourth-order valence-electron chi connectivity index (χ4n) is 1.35. The van der Waals surface area contributed by atoms with Crippen molar-refractivity contribution in [1.29, 1.82) is 0 Å². The minimum Gasteiger partial charge on any atom is -0.379 e. The van der Waals surface area contributed by atoms with Gasteiger partial charge in [-0.25, -0.2) is 4.72 Å². The second kappa shape index (κ2) is 5.79. The van der Waals surface area contributed by atoms with E-state index in [-0.39, 0.29) is 0 Å². The second-order valence-corrected chi connectivity index (χ2v) is 5.85. The molecule has 1 heterocycles. The third kappa shape index (κ3) is 4.46. The number of ether oxygens (including phenoxy) is 1. The standard InChI is InChI=1S/C9H20N2O3S/c1-9(2)3-4-10-15(12,13)11-5-7-14-8-6-11/h9-10H,3-8H2,1-2H3. The molecule has 0 bridgehead atoms. The van der Waals surface area contributed by atoms with Gasteiger partial charge in [-0.05, 0) is 12.3 Å². The van der Waals surface area contributed by atoms with E-state index in [4.69, 9.17) is 4.74 Å². The van der Waals surface area contributed by atoms with Gasteiger partial charge in [0, 0.05) is 19.6 Å². The highest BCUT2D eigenvalue weighted by atomic mass is 32.2. The van der Waals surface area contributed by atoms with Gasteiger partial charge in [0.2, 0.25) is 0 Å². The molecule has 0 saturated carbocycles. The van der Waals surface area contributed by atoms with Crippen LogP contribution >= 0.6 is 0 Å². The zero-order valence-electron chi connectivity index (χ0n) is 9.40. The third-order valence-corrected chi connectivity index (χ3v) is 3.93. The molecule has 0 amide bonds. The summed E-state index contributed by atoms with van der Waals surface area (Å²) in [6, 6.07) is 0. The first-order chi connectivity index (χ1) is 7.02. The van der Waals surface area contributed by atoms with E-state index in [0.717, 1.165) is 6.42 Å². The molecular formula is C9H20N2O3S. The Hall–Kier alpha value is -0.170. The average Bonchev–Trinajstić information content (AvgIpc) is 2.18. The first kappa shape index (κ1) is 12.9. The molecule has 1 aliphatic rings. The van der Waals surface area contributed by atoms with Crippen LogP contribution < -0.4 is 4.72 Å². The van der Waals surface area contributed by atoms with E-state index in [0.29, 0.717) is 38.8 Å². The van der Waals surface area contributed by atoms with Crippen molar-refractivity contribution in [2.45, 2.75) is 20.3 Å². The molecule has 1 fully saturated rings. The quantitative estimate of drug-likeness (QED) is 0.742. The van der Waals surface area contributed by atoms with Gasteiger partial charge >= 0.3 is 0 Å². The molecule has 5 nitrogen and oxygen atoms in total. The largest absolute Gasteiger partial charge is 0.379 e. The van der Waals surface area contributed by atoms with Crippen molar-refractivity contribution in [2.24, 2.45) is 5.92 Å². The van der Waals surface area contributed by atoms with Crippen molar-refractivity contribution in [3.05, 3.63) is 0 Å². The molecule has 0 radical (unpaired) electrons. The summed E-state index contributed by atoms with van der Waals surface area (Å²) >= 11 is 0. The van der Waals surface area contributed by atoms with Crippen molar-refractivity contribution in [3.8, 4) is 0 Å². The smallest absolute Gasteiger partial charge is 0.279 e. The highest BCUT2D eigenvalue weighted by Gasteiger charge is 2.23. The number of nitrogens with one attached hydrogen (secondary N) is 1. The van der Waals surface area contributed by atoms with Gasteiger partial charge in [-0.15, -0.1) is 0 Å². The summed E-state index contributed by atoms with van der Waals surface area (Å²) in [5, 5.41) is 0. The Balaban J connectivity index is 2.36. The highest BCUT2D eigenvalue weighted by molar-refractivity contribution is 7.87. The minimum absolute atomic E-state index is 0.455. The monoisotopic (exact) mass is 236 g/mol. The Labute approximate surface area is 92.0 Å². The lowest BCUT2D eigenvalue weighted by Gasteiger charge is -2.26. The molecule has 0 aliphatic carbocycles. The lowest BCUT2D eigenvalue weighted by Crippen LogP contribution is -2.46. The third-order valence-electron chi connectivity index (χ3n) is 2.32. The van der Waals surface area contributed by atoms with Crippen LogP contribution in [0, 0.1) is 5.92 Å². The predicted molar refractivity (Wildman–Crippen MR) is 58.8 cm³/mol. The van der Waals surface area contributed by atoms with Crippen LogP contribution in [0.5, 0.6) is 0 Å². The molecule has 0 aromatic carbocycles. The normalized spacial score (nSPS) is 19.7. The number of morpholine rings is 1. The lowest BCUT2D eigenvalue weighted by molar-refractivity contribution is 0.0725. The Kier molecular flexibility index (Phi) is 4.98. The number of hydrogen-bond acceptors (Lipinski definition) is 3. The van der Waals surface area contributed by atoms with Crippen LogP contribution in [0.4, 0.5) is 0 Å². The maximum atomic E-state index is 11.7. The van der Waals surface area contributed by atoms with E-state index in [9.17, 15) is 8.42 Å². The van der Waals surface area contributed by atoms with Gasteiger partial charge in [0.1, 0.15) is 0 Å². The van der Waals surface area contributed by atoms with Crippen molar-refractivity contribution in [3.63, 3.8) is 0 Å². The zero-order chi connectivity index (χ0) is 11.3. The zero-order valence-corrected chi connectivity index (χ0v) is 10.2. The summed E-state index contributed by atoms with van der Waals surface area (Å²) in [4.78, 5) is 0. The van der Waals surface area contributed by atoms with E-state index in [1.54, 1.807) is 0 Å². The Morgan fingerprint density at radius 3 is 2.47 bits per heavy atom. The molecule has 0 aromatic rings. The average molecular weight is 236 g/mol. The Bertz CT molecular complexity index is 271. The van der Waals surface area contributed by atoms with Crippen LogP contribution in [0.25, 0.3) is 0 Å².